The summed E-state index contributed by atoms with van der Waals surface area (Å²) in [4.78, 5) is 12.0. The maximum absolute atomic E-state index is 12.0. The third-order valence-electron chi connectivity index (χ3n) is 5.23. The molecule has 0 fully saturated rings. The average Bonchev–Trinajstić information content (AvgIpc) is 2.88. The molecule has 3 rings (SSSR count). The highest BCUT2D eigenvalue weighted by molar-refractivity contribution is 9.10. The van der Waals surface area contributed by atoms with Crippen molar-refractivity contribution in [3.8, 4) is 0 Å². The second kappa shape index (κ2) is 8.76. The molecule has 0 aliphatic rings. The van der Waals surface area contributed by atoms with E-state index >= 15 is 0 Å². The van der Waals surface area contributed by atoms with Crippen molar-refractivity contribution in [2.75, 3.05) is 0 Å². The first-order valence-corrected chi connectivity index (χ1v) is 10.1. The minimum atomic E-state index is -0.872. The van der Waals surface area contributed by atoms with Crippen molar-refractivity contribution in [1.29, 1.82) is 0 Å². The summed E-state index contributed by atoms with van der Waals surface area (Å²) in [7, 11) is 0. The molecule has 0 saturated heterocycles. The Morgan fingerprint density at radius 2 is 1.79 bits per heavy atom. The van der Waals surface area contributed by atoms with Gasteiger partial charge in [0, 0.05) is 41.1 Å². The second-order valence-corrected chi connectivity index (χ2v) is 7.99. The first kappa shape index (κ1) is 20.4. The highest BCUT2D eigenvalue weighted by Gasteiger charge is 2.22. The van der Waals surface area contributed by atoms with E-state index in [9.17, 15) is 9.90 Å². The molecule has 0 bridgehead atoms. The van der Waals surface area contributed by atoms with Crippen molar-refractivity contribution in [2.24, 2.45) is 0 Å². The van der Waals surface area contributed by atoms with Crippen molar-refractivity contribution < 1.29 is 9.90 Å². The fourth-order valence-electron chi connectivity index (χ4n) is 3.62. The van der Waals surface area contributed by atoms with Gasteiger partial charge in [-0.15, -0.1) is 0 Å². The number of rotatable bonds is 7. The largest absolute Gasteiger partial charge is 0.478 e. The fraction of sp³-hybridized carbons (Fsp3) is 0.261. The molecule has 0 radical (unpaired) electrons. The Hall–Kier alpha value is -2.37. The van der Waals surface area contributed by atoms with E-state index in [-0.39, 0.29) is 0 Å². The Kier molecular flexibility index (Phi) is 6.37. The Morgan fingerprint density at radius 1 is 1.04 bits per heavy atom. The first-order valence-electron chi connectivity index (χ1n) is 9.30. The number of benzene rings is 2. The summed E-state index contributed by atoms with van der Waals surface area (Å²) in [6.07, 6.45) is 0. The number of aromatic carboxylic acids is 1. The van der Waals surface area contributed by atoms with Gasteiger partial charge in [0.25, 0.3) is 0 Å². The number of hydrogen-bond acceptors (Lipinski definition) is 2. The highest BCUT2D eigenvalue weighted by atomic mass is 79.9. The zero-order valence-corrected chi connectivity index (χ0v) is 18.0. The van der Waals surface area contributed by atoms with Crippen molar-refractivity contribution in [3.05, 3.63) is 92.2 Å². The number of nitrogens with zero attached hydrogens (tertiary/aromatic N) is 1. The molecule has 2 N–H and O–H groups in total. The van der Waals surface area contributed by atoms with Gasteiger partial charge < -0.3 is 15.0 Å². The Morgan fingerprint density at radius 3 is 2.46 bits per heavy atom. The lowest BCUT2D eigenvalue weighted by Gasteiger charge is -2.12. The Bertz CT molecular complexity index is 1010. The normalized spacial score (nSPS) is 11.0. The van der Waals surface area contributed by atoms with Crippen LogP contribution in [-0.2, 0) is 19.6 Å². The summed E-state index contributed by atoms with van der Waals surface area (Å²) in [5.74, 6) is -0.872. The molecule has 28 heavy (non-hydrogen) atoms. The van der Waals surface area contributed by atoms with Gasteiger partial charge in [0.1, 0.15) is 0 Å². The van der Waals surface area contributed by atoms with Crippen molar-refractivity contribution in [3.63, 3.8) is 0 Å². The van der Waals surface area contributed by atoms with Crippen LogP contribution in [0.2, 0.25) is 0 Å². The molecule has 5 heteroatoms. The van der Waals surface area contributed by atoms with Crippen molar-refractivity contribution in [2.45, 2.75) is 40.4 Å². The summed E-state index contributed by atoms with van der Waals surface area (Å²) < 4.78 is 3.15. The van der Waals surface area contributed by atoms with E-state index in [1.54, 1.807) is 0 Å². The van der Waals surface area contributed by atoms with E-state index in [0.717, 1.165) is 27.0 Å². The van der Waals surface area contributed by atoms with Gasteiger partial charge in [-0.05, 0) is 49.6 Å². The molecule has 4 nitrogen and oxygen atoms in total. The zero-order chi connectivity index (χ0) is 20.3. The quantitative estimate of drug-likeness (QED) is 0.529. The van der Waals surface area contributed by atoms with Crippen LogP contribution in [-0.4, -0.2) is 15.6 Å². The molecule has 0 amide bonds. The summed E-state index contributed by atoms with van der Waals surface area (Å²) >= 11 is 3.48. The van der Waals surface area contributed by atoms with Gasteiger partial charge in [0.15, 0.2) is 0 Å². The molecule has 0 aliphatic carbocycles. The number of carboxylic acid groups (broad SMARTS) is 1. The minimum Gasteiger partial charge on any atom is -0.478 e. The lowest BCUT2D eigenvalue weighted by molar-refractivity contribution is 0.0694. The Labute approximate surface area is 174 Å². The monoisotopic (exact) mass is 440 g/mol. The van der Waals surface area contributed by atoms with E-state index in [2.05, 4.69) is 57.0 Å². The molecule has 146 valence electrons. The summed E-state index contributed by atoms with van der Waals surface area (Å²) in [6.45, 7) is 7.86. The van der Waals surface area contributed by atoms with Crippen LogP contribution in [0.15, 0.2) is 53.0 Å². The molecule has 3 aromatic rings. The predicted octanol–water partition coefficient (Wildman–Crippen LogP) is 5.21. The standard InChI is InChI=1S/C23H25BrN2O2/c1-15-7-4-5-9-19(15)14-26-16(2)21(22(17(26)3)23(27)28)13-25-12-18-8-6-10-20(24)11-18/h4-11,25H,12-14H2,1-3H3,(H,27,28). The molecular formula is C23H25BrN2O2. The van der Waals surface area contributed by atoms with Crippen LogP contribution >= 0.6 is 15.9 Å². The molecule has 0 unspecified atom stereocenters. The van der Waals surface area contributed by atoms with Gasteiger partial charge in [-0.1, -0.05) is 52.3 Å². The van der Waals surface area contributed by atoms with Crippen LogP contribution in [0.25, 0.3) is 0 Å². The second-order valence-electron chi connectivity index (χ2n) is 7.08. The molecule has 0 saturated carbocycles. The number of halogens is 1. The predicted molar refractivity (Wildman–Crippen MR) is 116 cm³/mol. The van der Waals surface area contributed by atoms with E-state index in [0.29, 0.717) is 25.2 Å². The van der Waals surface area contributed by atoms with Crippen LogP contribution in [0.1, 0.15) is 44.0 Å². The number of carboxylic acids is 1. The smallest absolute Gasteiger partial charge is 0.337 e. The zero-order valence-electron chi connectivity index (χ0n) is 16.4. The Balaban J connectivity index is 1.86. The third-order valence-corrected chi connectivity index (χ3v) is 5.73. The molecular weight excluding hydrogens is 416 g/mol. The molecule has 0 spiro atoms. The summed E-state index contributed by atoms with van der Waals surface area (Å²) in [5.41, 5.74) is 6.63. The number of nitrogens with one attached hydrogen (secondary N) is 1. The number of carbonyl (C=O) groups is 1. The van der Waals surface area contributed by atoms with Crippen molar-refractivity contribution >= 4 is 21.9 Å². The van der Waals surface area contributed by atoms with E-state index < -0.39 is 5.97 Å². The van der Waals surface area contributed by atoms with Crippen LogP contribution < -0.4 is 5.32 Å². The maximum atomic E-state index is 12.0. The van der Waals surface area contributed by atoms with Gasteiger partial charge in [-0.2, -0.15) is 0 Å². The van der Waals surface area contributed by atoms with Gasteiger partial charge >= 0.3 is 5.97 Å². The highest BCUT2D eigenvalue weighted by Crippen LogP contribution is 2.25. The molecule has 1 aromatic heterocycles. The maximum Gasteiger partial charge on any atom is 0.337 e. The lowest BCUT2D eigenvalue weighted by atomic mass is 10.1. The number of hydrogen-bond donors (Lipinski definition) is 2. The van der Waals surface area contributed by atoms with E-state index in [1.165, 1.54) is 11.1 Å². The van der Waals surface area contributed by atoms with Crippen LogP contribution in [0, 0.1) is 20.8 Å². The molecule has 1 heterocycles. The van der Waals surface area contributed by atoms with Crippen LogP contribution in [0.4, 0.5) is 0 Å². The first-order chi connectivity index (χ1) is 13.4. The number of aryl methyl sites for hydroxylation is 1. The van der Waals surface area contributed by atoms with Crippen molar-refractivity contribution in [1.82, 2.24) is 9.88 Å². The SMILES string of the molecule is Cc1ccccc1Cn1c(C)c(CNCc2cccc(Br)c2)c(C(=O)O)c1C. The summed E-state index contributed by atoms with van der Waals surface area (Å²) in [6, 6.07) is 16.3. The molecule has 0 atom stereocenters. The topological polar surface area (TPSA) is 54.3 Å². The van der Waals surface area contributed by atoms with Gasteiger partial charge in [-0.3, -0.25) is 0 Å². The molecule has 0 aliphatic heterocycles. The van der Waals surface area contributed by atoms with E-state index in [1.807, 2.05) is 38.1 Å². The number of aromatic nitrogens is 1. The van der Waals surface area contributed by atoms with Gasteiger partial charge in [0.2, 0.25) is 0 Å². The molecule has 2 aromatic carbocycles. The lowest BCUT2D eigenvalue weighted by Crippen LogP contribution is -2.15. The fourth-order valence-corrected chi connectivity index (χ4v) is 4.07. The third kappa shape index (κ3) is 4.37. The van der Waals surface area contributed by atoms with Crippen LogP contribution in [0.3, 0.4) is 0 Å². The van der Waals surface area contributed by atoms with E-state index in [4.69, 9.17) is 0 Å². The summed E-state index contributed by atoms with van der Waals surface area (Å²) in [5, 5.41) is 13.2. The van der Waals surface area contributed by atoms with Crippen LogP contribution in [0.5, 0.6) is 0 Å². The van der Waals surface area contributed by atoms with Gasteiger partial charge in [0.05, 0.1) is 5.56 Å². The minimum absolute atomic E-state index is 0.410. The average molecular weight is 441 g/mol. The van der Waals surface area contributed by atoms with Gasteiger partial charge in [-0.25, -0.2) is 4.79 Å².